The van der Waals surface area contributed by atoms with Crippen LogP contribution >= 0.6 is 15.9 Å². The normalized spacial score (nSPS) is 15.7. The number of piperazine rings is 1. The molecule has 1 saturated heterocycles. The van der Waals surface area contributed by atoms with Crippen molar-refractivity contribution in [1.29, 1.82) is 0 Å². The van der Waals surface area contributed by atoms with Crippen LogP contribution in [-0.2, 0) is 10.0 Å². The Labute approximate surface area is 171 Å². The lowest BCUT2D eigenvalue weighted by molar-refractivity contribution is 0.381. The molecule has 0 aliphatic carbocycles. The predicted molar refractivity (Wildman–Crippen MR) is 109 cm³/mol. The molecule has 0 atom stereocenters. The highest BCUT2D eigenvalue weighted by Crippen LogP contribution is 2.24. The van der Waals surface area contributed by atoms with Gasteiger partial charge in [-0.3, -0.25) is 0 Å². The number of hydrogen-bond acceptors (Lipinski definition) is 6. The summed E-state index contributed by atoms with van der Waals surface area (Å²) in [5.74, 6) is 0.614. The number of nitrogens with zero attached hydrogens (tertiary/aromatic N) is 6. The third-order valence-corrected chi connectivity index (χ3v) is 7.53. The number of halogens is 1. The SMILES string of the molecule is Cc1cc(S(=O)(=O)N2CCN(c3nnnn3-c3ccccc3)CC2)ccc1Br. The fourth-order valence-corrected chi connectivity index (χ4v) is 4.93. The van der Waals surface area contributed by atoms with Crippen molar-refractivity contribution in [3.63, 3.8) is 0 Å². The average molecular weight is 463 g/mol. The first-order chi connectivity index (χ1) is 13.5. The second-order valence-corrected chi connectivity index (χ2v) is 9.32. The van der Waals surface area contributed by atoms with Gasteiger partial charge in [-0.05, 0) is 53.2 Å². The lowest BCUT2D eigenvalue weighted by atomic mass is 10.2. The molecule has 1 aliphatic rings. The van der Waals surface area contributed by atoms with Crippen LogP contribution < -0.4 is 4.90 Å². The van der Waals surface area contributed by atoms with Gasteiger partial charge in [-0.25, -0.2) is 8.42 Å². The van der Waals surface area contributed by atoms with Gasteiger partial charge in [0.05, 0.1) is 10.6 Å². The summed E-state index contributed by atoms with van der Waals surface area (Å²) in [4.78, 5) is 2.32. The van der Waals surface area contributed by atoms with Crippen LogP contribution in [0.2, 0.25) is 0 Å². The number of para-hydroxylation sites is 1. The van der Waals surface area contributed by atoms with Gasteiger partial charge in [-0.1, -0.05) is 39.2 Å². The van der Waals surface area contributed by atoms with Crippen molar-refractivity contribution in [2.45, 2.75) is 11.8 Å². The Balaban J connectivity index is 1.51. The van der Waals surface area contributed by atoms with E-state index in [4.69, 9.17) is 0 Å². The Kier molecular flexibility index (Phi) is 5.17. The monoisotopic (exact) mass is 462 g/mol. The van der Waals surface area contributed by atoms with Gasteiger partial charge in [0.15, 0.2) is 0 Å². The highest BCUT2D eigenvalue weighted by atomic mass is 79.9. The molecular weight excluding hydrogens is 444 g/mol. The molecule has 0 saturated carbocycles. The molecule has 0 amide bonds. The number of sulfonamides is 1. The Morgan fingerprint density at radius 1 is 1.00 bits per heavy atom. The lowest BCUT2D eigenvalue weighted by Gasteiger charge is -2.34. The zero-order valence-corrected chi connectivity index (χ0v) is 17.6. The molecule has 8 nitrogen and oxygen atoms in total. The van der Waals surface area contributed by atoms with Crippen molar-refractivity contribution in [1.82, 2.24) is 24.5 Å². The number of hydrogen-bond donors (Lipinski definition) is 0. The molecule has 3 aromatic rings. The van der Waals surface area contributed by atoms with Gasteiger partial charge in [0, 0.05) is 30.7 Å². The zero-order valence-electron chi connectivity index (χ0n) is 15.2. The molecular formula is C18H19BrN6O2S. The van der Waals surface area contributed by atoms with Crippen molar-refractivity contribution in [2.24, 2.45) is 0 Å². The van der Waals surface area contributed by atoms with Crippen LogP contribution in [0.25, 0.3) is 5.69 Å². The van der Waals surface area contributed by atoms with E-state index in [1.54, 1.807) is 22.9 Å². The van der Waals surface area contributed by atoms with Crippen LogP contribution in [0.1, 0.15) is 5.56 Å². The van der Waals surface area contributed by atoms with E-state index in [0.29, 0.717) is 37.0 Å². The Morgan fingerprint density at radius 3 is 2.39 bits per heavy atom. The molecule has 0 radical (unpaired) electrons. The summed E-state index contributed by atoms with van der Waals surface area (Å²) in [6.45, 7) is 3.66. The Morgan fingerprint density at radius 2 is 1.71 bits per heavy atom. The van der Waals surface area contributed by atoms with E-state index in [2.05, 4.69) is 31.5 Å². The van der Waals surface area contributed by atoms with E-state index < -0.39 is 10.0 Å². The first-order valence-corrected chi connectivity index (χ1v) is 11.1. The fourth-order valence-electron chi connectivity index (χ4n) is 3.17. The smallest absolute Gasteiger partial charge is 0.250 e. The van der Waals surface area contributed by atoms with Crippen molar-refractivity contribution in [2.75, 3.05) is 31.1 Å². The van der Waals surface area contributed by atoms with E-state index in [0.717, 1.165) is 15.7 Å². The van der Waals surface area contributed by atoms with E-state index in [1.807, 2.05) is 42.2 Å². The summed E-state index contributed by atoms with van der Waals surface area (Å²) in [6.07, 6.45) is 0. The maximum atomic E-state index is 13.0. The van der Waals surface area contributed by atoms with Crippen LogP contribution in [0.4, 0.5) is 5.95 Å². The minimum absolute atomic E-state index is 0.316. The molecule has 0 bridgehead atoms. The standard InChI is InChI=1S/C18H19BrN6O2S/c1-14-13-16(7-8-17(14)19)28(26,27)24-11-9-23(10-12-24)18-20-21-22-25(18)15-5-3-2-4-6-15/h2-8,13H,9-12H2,1H3. The first kappa shape index (κ1) is 19.0. The number of benzene rings is 2. The molecule has 2 aromatic carbocycles. The van der Waals surface area contributed by atoms with Crippen molar-refractivity contribution < 1.29 is 8.42 Å². The van der Waals surface area contributed by atoms with Crippen molar-refractivity contribution in [3.8, 4) is 5.69 Å². The second-order valence-electron chi connectivity index (χ2n) is 6.53. The maximum absolute atomic E-state index is 13.0. The summed E-state index contributed by atoms with van der Waals surface area (Å²) < 4.78 is 30.0. The third-order valence-electron chi connectivity index (χ3n) is 4.74. The second kappa shape index (κ2) is 7.61. The quantitative estimate of drug-likeness (QED) is 0.590. The van der Waals surface area contributed by atoms with E-state index in [9.17, 15) is 8.42 Å². The minimum atomic E-state index is -3.53. The van der Waals surface area contributed by atoms with E-state index >= 15 is 0 Å². The highest BCUT2D eigenvalue weighted by Gasteiger charge is 2.30. The zero-order chi connectivity index (χ0) is 19.7. The average Bonchev–Trinajstić information content (AvgIpc) is 3.20. The molecule has 2 heterocycles. The largest absolute Gasteiger partial charge is 0.337 e. The van der Waals surface area contributed by atoms with Crippen molar-refractivity contribution >= 4 is 31.9 Å². The van der Waals surface area contributed by atoms with Crippen LogP contribution in [0, 0.1) is 6.92 Å². The van der Waals surface area contributed by atoms with Crippen LogP contribution in [0.5, 0.6) is 0 Å². The summed E-state index contributed by atoms with van der Waals surface area (Å²) >= 11 is 3.41. The molecule has 1 aromatic heterocycles. The van der Waals surface area contributed by atoms with Gasteiger partial charge >= 0.3 is 0 Å². The van der Waals surface area contributed by atoms with E-state index in [-0.39, 0.29) is 0 Å². The Bertz CT molecular complexity index is 1080. The maximum Gasteiger partial charge on any atom is 0.250 e. The molecule has 1 aliphatic heterocycles. The summed E-state index contributed by atoms with van der Waals surface area (Å²) in [5, 5.41) is 12.0. The molecule has 4 rings (SSSR count). The Hall–Kier alpha value is -2.30. The van der Waals surface area contributed by atoms with E-state index in [1.165, 1.54) is 4.31 Å². The van der Waals surface area contributed by atoms with Crippen LogP contribution in [0.3, 0.4) is 0 Å². The summed E-state index contributed by atoms with van der Waals surface area (Å²) in [7, 11) is -3.53. The molecule has 28 heavy (non-hydrogen) atoms. The minimum Gasteiger partial charge on any atom is -0.337 e. The van der Waals surface area contributed by atoms with Gasteiger partial charge in [0.2, 0.25) is 16.0 Å². The molecule has 0 unspecified atom stereocenters. The molecule has 0 spiro atoms. The van der Waals surface area contributed by atoms with Gasteiger partial charge < -0.3 is 4.90 Å². The fraction of sp³-hybridized carbons (Fsp3) is 0.278. The molecule has 10 heteroatoms. The lowest BCUT2D eigenvalue weighted by Crippen LogP contribution is -2.49. The number of tetrazole rings is 1. The number of aromatic nitrogens is 4. The topological polar surface area (TPSA) is 84.2 Å². The van der Waals surface area contributed by atoms with Gasteiger partial charge in [-0.2, -0.15) is 8.99 Å². The molecule has 146 valence electrons. The van der Waals surface area contributed by atoms with Gasteiger partial charge in [0.25, 0.3) is 0 Å². The van der Waals surface area contributed by atoms with Crippen LogP contribution in [0.15, 0.2) is 57.9 Å². The molecule has 1 fully saturated rings. The van der Waals surface area contributed by atoms with Gasteiger partial charge in [0.1, 0.15) is 0 Å². The third kappa shape index (κ3) is 3.54. The number of aryl methyl sites for hydroxylation is 1. The highest BCUT2D eigenvalue weighted by molar-refractivity contribution is 9.10. The summed E-state index contributed by atoms with van der Waals surface area (Å²) in [5.41, 5.74) is 1.75. The van der Waals surface area contributed by atoms with Crippen LogP contribution in [-0.4, -0.2) is 59.1 Å². The summed E-state index contributed by atoms with van der Waals surface area (Å²) in [6, 6.07) is 14.7. The number of anilines is 1. The number of rotatable bonds is 4. The molecule has 0 N–H and O–H groups in total. The van der Waals surface area contributed by atoms with Gasteiger partial charge in [-0.15, -0.1) is 0 Å². The van der Waals surface area contributed by atoms with Crippen molar-refractivity contribution in [3.05, 3.63) is 58.6 Å². The first-order valence-electron chi connectivity index (χ1n) is 8.82. The predicted octanol–water partition coefficient (Wildman–Crippen LogP) is 2.24.